The van der Waals surface area contributed by atoms with Gasteiger partial charge in [-0.15, -0.1) is 6.58 Å². The first kappa shape index (κ1) is 28.6. The summed E-state index contributed by atoms with van der Waals surface area (Å²) in [4.78, 5) is 28.0. The molecule has 6 heteroatoms. The molecule has 204 valence electrons. The molecule has 1 heterocycles. The average molecular weight is 503 g/mol. The van der Waals surface area contributed by atoms with Crippen LogP contribution in [0, 0.1) is 41.4 Å². The largest absolute Gasteiger partial charge is 0.530 e. The monoisotopic (exact) mass is 502 g/mol. The van der Waals surface area contributed by atoms with Gasteiger partial charge in [0, 0.05) is 13.0 Å². The van der Waals surface area contributed by atoms with Crippen molar-refractivity contribution in [3.63, 3.8) is 0 Å². The number of aliphatic hydroxyl groups is 1. The van der Waals surface area contributed by atoms with Gasteiger partial charge in [-0.2, -0.15) is 0 Å². The van der Waals surface area contributed by atoms with Gasteiger partial charge < -0.3 is 24.6 Å². The summed E-state index contributed by atoms with van der Waals surface area (Å²) >= 11 is 0. The van der Waals surface area contributed by atoms with Gasteiger partial charge in [-0.05, 0) is 73.5 Å². The van der Waals surface area contributed by atoms with Crippen LogP contribution in [0.4, 0.5) is 4.79 Å². The van der Waals surface area contributed by atoms with Crippen LogP contribution in [0.25, 0.3) is 0 Å². The first-order valence-corrected chi connectivity index (χ1v) is 14.2. The maximum absolute atomic E-state index is 14.1. The summed E-state index contributed by atoms with van der Waals surface area (Å²) in [5.41, 5.74) is -1.11. The predicted octanol–water partition coefficient (Wildman–Crippen LogP) is 5.87. The molecule has 0 bridgehead atoms. The van der Waals surface area contributed by atoms with E-state index in [1.165, 1.54) is 4.90 Å². The van der Waals surface area contributed by atoms with Gasteiger partial charge in [-0.1, -0.05) is 60.5 Å². The Morgan fingerprint density at radius 2 is 1.67 bits per heavy atom. The van der Waals surface area contributed by atoms with E-state index in [9.17, 15) is 19.8 Å². The Labute approximate surface area is 218 Å². The molecule has 3 rings (SSSR count). The number of carboxylic acid groups (broad SMARTS) is 1. The molecule has 3 aliphatic rings. The Balaban J connectivity index is 2.13. The molecule has 1 N–H and O–H groups in total. The normalized spacial score (nSPS) is 35.7. The van der Waals surface area contributed by atoms with Crippen molar-refractivity contribution in [2.75, 3.05) is 6.54 Å². The highest BCUT2D eigenvalue weighted by atomic mass is 16.5. The molecule has 0 radical (unpaired) electrons. The summed E-state index contributed by atoms with van der Waals surface area (Å²) in [5, 5.41) is 23.9. The third-order valence-corrected chi connectivity index (χ3v) is 9.51. The zero-order valence-electron chi connectivity index (χ0n) is 23.3. The molecule has 0 aromatic carbocycles. The van der Waals surface area contributed by atoms with Crippen molar-refractivity contribution >= 4 is 12.1 Å². The lowest BCUT2D eigenvalue weighted by atomic mass is 9.58. The minimum absolute atomic E-state index is 0.0370. The molecule has 7 atom stereocenters. The summed E-state index contributed by atoms with van der Waals surface area (Å²) in [6.07, 6.45) is 6.18. The molecule has 6 nitrogen and oxygen atoms in total. The smallest absolute Gasteiger partial charge is 0.340 e. The van der Waals surface area contributed by atoms with Crippen LogP contribution in [0.2, 0.25) is 0 Å². The van der Waals surface area contributed by atoms with Crippen LogP contribution in [0.5, 0.6) is 0 Å². The predicted molar refractivity (Wildman–Crippen MR) is 140 cm³/mol. The van der Waals surface area contributed by atoms with Gasteiger partial charge in [0.1, 0.15) is 23.5 Å². The van der Waals surface area contributed by atoms with Crippen molar-refractivity contribution in [1.29, 1.82) is 0 Å². The number of ether oxygens (including phenoxy) is 1. The van der Waals surface area contributed by atoms with E-state index in [4.69, 9.17) is 4.74 Å². The Hall–Kier alpha value is -1.98. The van der Waals surface area contributed by atoms with Crippen LogP contribution in [-0.4, -0.2) is 40.3 Å². The average Bonchev–Trinajstić information content (AvgIpc) is 2.78. The lowest BCUT2D eigenvalue weighted by molar-refractivity contribution is -0.274. The zero-order valence-corrected chi connectivity index (χ0v) is 23.3. The van der Waals surface area contributed by atoms with Crippen molar-refractivity contribution in [2.45, 2.75) is 105 Å². The number of amides is 1. The Bertz CT molecular complexity index is 848. The molecule has 1 aliphatic heterocycles. The summed E-state index contributed by atoms with van der Waals surface area (Å²) in [6.45, 7) is 17.1. The Morgan fingerprint density at radius 1 is 1.08 bits per heavy atom. The molecule has 0 saturated heterocycles. The van der Waals surface area contributed by atoms with Gasteiger partial charge in [0.15, 0.2) is 0 Å². The highest BCUT2D eigenvalue weighted by molar-refractivity contribution is 5.93. The molecule has 1 amide bonds. The molecule has 36 heavy (non-hydrogen) atoms. The number of carbonyl (C=O) groups excluding carboxylic acids is 2. The van der Waals surface area contributed by atoms with Gasteiger partial charge in [-0.3, -0.25) is 0 Å². The molecular weight excluding hydrogens is 454 g/mol. The zero-order chi connectivity index (χ0) is 26.8. The van der Waals surface area contributed by atoms with Gasteiger partial charge in [0.05, 0.1) is 5.54 Å². The second kappa shape index (κ2) is 11.6. The third kappa shape index (κ3) is 5.47. The lowest BCUT2D eigenvalue weighted by Crippen LogP contribution is -2.66. The van der Waals surface area contributed by atoms with Crippen molar-refractivity contribution in [3.8, 4) is 0 Å². The van der Waals surface area contributed by atoms with E-state index in [2.05, 4.69) is 48.1 Å². The van der Waals surface area contributed by atoms with Crippen LogP contribution in [0.1, 0.15) is 92.9 Å². The highest BCUT2D eigenvalue weighted by Crippen LogP contribution is 2.52. The van der Waals surface area contributed by atoms with Crippen LogP contribution >= 0.6 is 0 Å². The number of nitrogens with zero attached hydrogens (tertiary/aromatic N) is 1. The van der Waals surface area contributed by atoms with Crippen LogP contribution in [0.15, 0.2) is 24.0 Å². The summed E-state index contributed by atoms with van der Waals surface area (Å²) < 4.78 is 6.26. The topological polar surface area (TPSA) is 89.9 Å². The second-order valence-electron chi connectivity index (χ2n) is 12.6. The van der Waals surface area contributed by atoms with Crippen molar-refractivity contribution in [3.05, 3.63) is 24.0 Å². The minimum atomic E-state index is -1.30. The summed E-state index contributed by atoms with van der Waals surface area (Å²) in [5.74, 6) is 1.22. The SMILES string of the molecule is C=CC[C@@]1([C@H]2C[C@@H](C)CC[C@@H]2C(C)C)C(C(=O)O[C@H]2C[C@@H](C)CC[C@@H]2C(C)C)=C(O)CCN1C(=O)[O-]. The number of carbonyl (C=O) groups is 2. The fraction of sp³-hybridized carbons (Fsp3) is 0.800. The van der Waals surface area contributed by atoms with Crippen LogP contribution in [-0.2, 0) is 9.53 Å². The van der Waals surface area contributed by atoms with Crippen molar-refractivity contribution in [1.82, 2.24) is 4.90 Å². The van der Waals surface area contributed by atoms with E-state index < -0.39 is 17.6 Å². The van der Waals surface area contributed by atoms with Crippen LogP contribution < -0.4 is 5.11 Å². The number of hydrogen-bond donors (Lipinski definition) is 1. The first-order valence-electron chi connectivity index (χ1n) is 14.2. The fourth-order valence-corrected chi connectivity index (χ4v) is 7.64. The minimum Gasteiger partial charge on any atom is -0.530 e. The molecule has 0 unspecified atom stereocenters. The standard InChI is InChI=1S/C30H49NO5/c1-8-14-30(24-16-20(6)9-11-22(24)18(2)3)27(25(32)13-15-31(30)29(34)35)28(33)36-26-17-21(7)10-12-23(26)19(4)5/h8,18-24,26,32H,1,9-17H2,2-7H3,(H,34,35)/p-1/t20-,21-,22+,23+,24-,26-,30+/m0/s1. The highest BCUT2D eigenvalue weighted by Gasteiger charge is 2.56. The molecule has 0 aromatic heterocycles. The Morgan fingerprint density at radius 3 is 2.22 bits per heavy atom. The van der Waals surface area contributed by atoms with E-state index in [-0.39, 0.29) is 54.6 Å². The third-order valence-electron chi connectivity index (χ3n) is 9.51. The quantitative estimate of drug-likeness (QED) is 0.347. The fourth-order valence-electron chi connectivity index (χ4n) is 7.64. The van der Waals surface area contributed by atoms with Gasteiger partial charge in [-0.25, -0.2) is 4.79 Å². The molecule has 2 aliphatic carbocycles. The lowest BCUT2D eigenvalue weighted by Gasteiger charge is -2.57. The van der Waals surface area contributed by atoms with E-state index in [1.807, 2.05) is 0 Å². The van der Waals surface area contributed by atoms with E-state index in [1.54, 1.807) is 6.08 Å². The number of esters is 1. The van der Waals surface area contributed by atoms with Crippen LogP contribution in [0.3, 0.4) is 0 Å². The molecule has 2 fully saturated rings. The summed E-state index contributed by atoms with van der Waals surface area (Å²) in [7, 11) is 0. The molecular formula is C30H48NO5-. The van der Waals surface area contributed by atoms with Crippen molar-refractivity contribution in [2.24, 2.45) is 41.4 Å². The van der Waals surface area contributed by atoms with E-state index in [0.29, 0.717) is 23.7 Å². The first-order chi connectivity index (χ1) is 16.9. The molecule has 0 spiro atoms. The maximum Gasteiger partial charge on any atom is 0.340 e. The summed E-state index contributed by atoms with van der Waals surface area (Å²) in [6, 6.07) is 0. The number of aliphatic hydroxyl groups excluding tert-OH is 1. The molecule has 0 aromatic rings. The number of rotatable bonds is 7. The number of hydrogen-bond acceptors (Lipinski definition) is 5. The van der Waals surface area contributed by atoms with E-state index in [0.717, 1.165) is 38.5 Å². The van der Waals surface area contributed by atoms with Gasteiger partial charge >= 0.3 is 5.97 Å². The second-order valence-corrected chi connectivity index (χ2v) is 12.6. The van der Waals surface area contributed by atoms with E-state index >= 15 is 0 Å². The molecule has 2 saturated carbocycles. The van der Waals surface area contributed by atoms with Gasteiger partial charge in [0.2, 0.25) is 0 Å². The van der Waals surface area contributed by atoms with Crippen molar-refractivity contribution < 1.29 is 24.5 Å². The maximum atomic E-state index is 14.1. The van der Waals surface area contributed by atoms with Gasteiger partial charge in [0.25, 0.3) is 0 Å². The Kier molecular flexibility index (Phi) is 9.21.